The number of hydrogen-bond acceptors (Lipinski definition) is 3. The van der Waals surface area contributed by atoms with E-state index in [1.54, 1.807) is 0 Å². The summed E-state index contributed by atoms with van der Waals surface area (Å²) in [6.07, 6.45) is 1.76. The van der Waals surface area contributed by atoms with Crippen LogP contribution in [0.3, 0.4) is 0 Å². The van der Waals surface area contributed by atoms with Gasteiger partial charge in [-0.3, -0.25) is 4.90 Å². The smallest absolute Gasteiger partial charge is 0.0711 e. The van der Waals surface area contributed by atoms with Crippen molar-refractivity contribution in [2.24, 2.45) is 5.92 Å². The molecule has 3 nitrogen and oxygen atoms in total. The summed E-state index contributed by atoms with van der Waals surface area (Å²) in [7, 11) is 0. The Morgan fingerprint density at radius 3 is 2.73 bits per heavy atom. The molecule has 64 valence electrons. The Hall–Kier alpha value is -0.120. The lowest BCUT2D eigenvalue weighted by Crippen LogP contribution is -2.35. The van der Waals surface area contributed by atoms with Crippen molar-refractivity contribution in [3.05, 3.63) is 0 Å². The SMILES string of the molecule is OC[C@H]1CCN2CCC(O)[C@@H]12. The van der Waals surface area contributed by atoms with E-state index in [1.165, 1.54) is 0 Å². The molecular formula is C8H15NO2. The first-order valence-corrected chi connectivity index (χ1v) is 4.36. The van der Waals surface area contributed by atoms with Crippen LogP contribution in [0.25, 0.3) is 0 Å². The first-order valence-electron chi connectivity index (χ1n) is 4.36. The maximum atomic E-state index is 9.55. The Bertz CT molecular complexity index is 151. The van der Waals surface area contributed by atoms with E-state index in [1.807, 2.05) is 0 Å². The lowest BCUT2D eigenvalue weighted by Gasteiger charge is -2.21. The molecule has 2 heterocycles. The van der Waals surface area contributed by atoms with Crippen molar-refractivity contribution < 1.29 is 10.2 Å². The summed E-state index contributed by atoms with van der Waals surface area (Å²) >= 11 is 0. The van der Waals surface area contributed by atoms with Gasteiger partial charge in [-0.15, -0.1) is 0 Å². The Kier molecular flexibility index (Phi) is 1.87. The zero-order valence-corrected chi connectivity index (χ0v) is 6.61. The van der Waals surface area contributed by atoms with Gasteiger partial charge in [-0.2, -0.15) is 0 Å². The Morgan fingerprint density at radius 2 is 2.00 bits per heavy atom. The topological polar surface area (TPSA) is 43.7 Å². The standard InChI is InChI=1S/C8H15NO2/c10-5-6-1-3-9-4-2-7(11)8(6)9/h6-8,10-11H,1-5H2/t6-,7?,8-/m1/s1. The second-order valence-corrected chi connectivity index (χ2v) is 3.61. The highest BCUT2D eigenvalue weighted by atomic mass is 16.3. The van der Waals surface area contributed by atoms with Crippen molar-refractivity contribution in [1.82, 2.24) is 4.90 Å². The highest BCUT2D eigenvalue weighted by Gasteiger charge is 2.42. The van der Waals surface area contributed by atoms with Crippen molar-refractivity contribution >= 4 is 0 Å². The van der Waals surface area contributed by atoms with E-state index < -0.39 is 0 Å². The highest BCUT2D eigenvalue weighted by molar-refractivity contribution is 4.96. The van der Waals surface area contributed by atoms with Crippen molar-refractivity contribution in [1.29, 1.82) is 0 Å². The van der Waals surface area contributed by atoms with Gasteiger partial charge in [0, 0.05) is 25.1 Å². The van der Waals surface area contributed by atoms with E-state index in [2.05, 4.69) is 4.90 Å². The van der Waals surface area contributed by atoms with Crippen LogP contribution in [0, 0.1) is 5.92 Å². The molecule has 2 N–H and O–H groups in total. The number of rotatable bonds is 1. The summed E-state index contributed by atoms with van der Waals surface area (Å²) in [5.41, 5.74) is 0. The zero-order chi connectivity index (χ0) is 7.84. The minimum atomic E-state index is -0.186. The largest absolute Gasteiger partial charge is 0.396 e. The fraction of sp³-hybridized carbons (Fsp3) is 1.00. The number of fused-ring (bicyclic) bond motifs is 1. The monoisotopic (exact) mass is 157 g/mol. The summed E-state index contributed by atoms with van der Waals surface area (Å²) in [5, 5.41) is 18.5. The van der Waals surface area contributed by atoms with Gasteiger partial charge in [-0.25, -0.2) is 0 Å². The highest BCUT2D eigenvalue weighted by Crippen LogP contribution is 2.32. The summed E-state index contributed by atoms with van der Waals surface area (Å²) < 4.78 is 0. The first kappa shape index (κ1) is 7.53. The Labute approximate surface area is 66.6 Å². The molecule has 0 bridgehead atoms. The van der Waals surface area contributed by atoms with Crippen molar-refractivity contribution in [3.63, 3.8) is 0 Å². The van der Waals surface area contributed by atoms with Gasteiger partial charge in [0.15, 0.2) is 0 Å². The Morgan fingerprint density at radius 1 is 1.27 bits per heavy atom. The molecule has 2 aliphatic heterocycles. The molecule has 2 saturated heterocycles. The van der Waals surface area contributed by atoms with Crippen LogP contribution in [0.15, 0.2) is 0 Å². The number of hydrogen-bond donors (Lipinski definition) is 2. The Balaban J connectivity index is 2.07. The predicted molar refractivity (Wildman–Crippen MR) is 41.2 cm³/mol. The van der Waals surface area contributed by atoms with Gasteiger partial charge < -0.3 is 10.2 Å². The molecule has 0 spiro atoms. The van der Waals surface area contributed by atoms with E-state index in [-0.39, 0.29) is 18.8 Å². The summed E-state index contributed by atoms with van der Waals surface area (Å²) in [6, 6.07) is 0.264. The van der Waals surface area contributed by atoms with Crippen LogP contribution in [0.5, 0.6) is 0 Å². The molecule has 2 fully saturated rings. The molecule has 0 aromatic heterocycles. The third-order valence-electron chi connectivity index (χ3n) is 3.03. The van der Waals surface area contributed by atoms with E-state index >= 15 is 0 Å². The molecule has 2 rings (SSSR count). The molecule has 3 atom stereocenters. The van der Waals surface area contributed by atoms with Gasteiger partial charge in [0.1, 0.15) is 0 Å². The molecule has 2 aliphatic rings. The van der Waals surface area contributed by atoms with Gasteiger partial charge in [0.25, 0.3) is 0 Å². The van der Waals surface area contributed by atoms with Crippen LogP contribution in [0.1, 0.15) is 12.8 Å². The average molecular weight is 157 g/mol. The van der Waals surface area contributed by atoms with Crippen molar-refractivity contribution in [2.45, 2.75) is 25.0 Å². The predicted octanol–water partition coefficient (Wildman–Crippen LogP) is -0.566. The summed E-state index contributed by atoms with van der Waals surface area (Å²) in [6.45, 7) is 2.31. The molecule has 0 saturated carbocycles. The minimum absolute atomic E-state index is 0.186. The second kappa shape index (κ2) is 2.73. The zero-order valence-electron chi connectivity index (χ0n) is 6.61. The van der Waals surface area contributed by atoms with Crippen LogP contribution in [-0.4, -0.2) is 47.0 Å². The summed E-state index contributed by atoms with van der Waals surface area (Å²) in [5.74, 6) is 0.326. The van der Waals surface area contributed by atoms with Crippen LogP contribution < -0.4 is 0 Å². The average Bonchev–Trinajstić information content (AvgIpc) is 2.54. The second-order valence-electron chi connectivity index (χ2n) is 3.61. The van der Waals surface area contributed by atoms with E-state index in [0.717, 1.165) is 25.9 Å². The quantitative estimate of drug-likeness (QED) is 0.536. The first-order chi connectivity index (χ1) is 5.33. The molecule has 3 heteroatoms. The van der Waals surface area contributed by atoms with Gasteiger partial charge in [-0.1, -0.05) is 0 Å². The van der Waals surface area contributed by atoms with Gasteiger partial charge >= 0.3 is 0 Å². The van der Waals surface area contributed by atoms with Gasteiger partial charge in [0.2, 0.25) is 0 Å². The maximum Gasteiger partial charge on any atom is 0.0711 e. The number of aliphatic hydroxyl groups is 2. The van der Waals surface area contributed by atoms with Crippen LogP contribution >= 0.6 is 0 Å². The van der Waals surface area contributed by atoms with Crippen LogP contribution in [0.4, 0.5) is 0 Å². The minimum Gasteiger partial charge on any atom is -0.396 e. The van der Waals surface area contributed by atoms with Gasteiger partial charge in [-0.05, 0) is 19.4 Å². The maximum absolute atomic E-state index is 9.55. The summed E-state index contributed by atoms with van der Waals surface area (Å²) in [4.78, 5) is 2.30. The molecule has 0 aromatic rings. The van der Waals surface area contributed by atoms with Crippen molar-refractivity contribution in [2.75, 3.05) is 19.7 Å². The van der Waals surface area contributed by atoms with E-state index in [9.17, 15) is 5.11 Å². The van der Waals surface area contributed by atoms with Gasteiger partial charge in [0.05, 0.1) is 6.10 Å². The number of aliphatic hydroxyl groups excluding tert-OH is 2. The van der Waals surface area contributed by atoms with Crippen molar-refractivity contribution in [3.8, 4) is 0 Å². The number of nitrogens with zero attached hydrogens (tertiary/aromatic N) is 1. The van der Waals surface area contributed by atoms with E-state index in [0.29, 0.717) is 5.92 Å². The molecule has 11 heavy (non-hydrogen) atoms. The van der Waals surface area contributed by atoms with Crippen LogP contribution in [0.2, 0.25) is 0 Å². The lowest BCUT2D eigenvalue weighted by molar-refractivity contribution is 0.0902. The van der Waals surface area contributed by atoms with E-state index in [4.69, 9.17) is 5.11 Å². The molecule has 0 radical (unpaired) electrons. The molecule has 0 amide bonds. The molecule has 0 aliphatic carbocycles. The fourth-order valence-corrected chi connectivity index (χ4v) is 2.44. The van der Waals surface area contributed by atoms with Crippen LogP contribution in [-0.2, 0) is 0 Å². The molecular weight excluding hydrogens is 142 g/mol. The third kappa shape index (κ3) is 1.08. The molecule has 0 aromatic carbocycles. The normalized spacial score (nSPS) is 44.7. The third-order valence-corrected chi connectivity index (χ3v) is 3.03. The molecule has 1 unspecified atom stereocenters. The lowest BCUT2D eigenvalue weighted by atomic mass is 9.97. The fourth-order valence-electron chi connectivity index (χ4n) is 2.44.